The van der Waals surface area contributed by atoms with E-state index in [0.717, 1.165) is 73.5 Å². The Morgan fingerprint density at radius 2 is 1.71 bits per heavy atom. The van der Waals surface area contributed by atoms with Gasteiger partial charge in [-0.15, -0.1) is 0 Å². The van der Waals surface area contributed by atoms with Crippen LogP contribution in [0.4, 0.5) is 10.7 Å². The van der Waals surface area contributed by atoms with Gasteiger partial charge in [0, 0.05) is 37.6 Å². The number of imide groups is 1. The summed E-state index contributed by atoms with van der Waals surface area (Å²) in [4.78, 5) is 39.4. The van der Waals surface area contributed by atoms with Gasteiger partial charge in [-0.3, -0.25) is 19.9 Å². The molecule has 2 amide bonds. The van der Waals surface area contributed by atoms with E-state index in [0.29, 0.717) is 22.5 Å². The number of aromatic nitrogens is 3. The summed E-state index contributed by atoms with van der Waals surface area (Å²) >= 11 is 0.889. The molecule has 2 aliphatic rings. The number of hydrogen-bond acceptors (Lipinski definition) is 9. The van der Waals surface area contributed by atoms with E-state index in [4.69, 9.17) is 4.74 Å². The van der Waals surface area contributed by atoms with Gasteiger partial charge < -0.3 is 15.0 Å². The van der Waals surface area contributed by atoms with Crippen LogP contribution in [0.15, 0.2) is 90.1 Å². The van der Waals surface area contributed by atoms with Crippen molar-refractivity contribution in [1.82, 2.24) is 25.6 Å². The smallest absolute Gasteiger partial charge is 0.290 e. The van der Waals surface area contributed by atoms with Crippen molar-refractivity contribution in [2.24, 2.45) is 5.92 Å². The minimum absolute atomic E-state index is 0.349. The Morgan fingerprint density at radius 3 is 2.48 bits per heavy atom. The van der Waals surface area contributed by atoms with Gasteiger partial charge in [-0.2, -0.15) is 0 Å². The Morgan fingerprint density at radius 1 is 0.952 bits per heavy atom. The third-order valence-corrected chi connectivity index (χ3v) is 8.01. The fourth-order valence-electron chi connectivity index (χ4n) is 4.97. The van der Waals surface area contributed by atoms with Crippen LogP contribution < -0.4 is 20.3 Å². The predicted octanol–water partition coefficient (Wildman–Crippen LogP) is 5.66. The largest absolute Gasteiger partial charge is 0.457 e. The van der Waals surface area contributed by atoms with Crippen LogP contribution in [0.3, 0.4) is 0 Å². The lowest BCUT2D eigenvalue weighted by Gasteiger charge is -2.32. The van der Waals surface area contributed by atoms with Crippen LogP contribution in [0.1, 0.15) is 24.1 Å². The van der Waals surface area contributed by atoms with E-state index >= 15 is 0 Å². The molecular weight excluding hydrogens is 548 g/mol. The normalized spacial score (nSPS) is 16.6. The molecular formula is C32H30N6O3S. The van der Waals surface area contributed by atoms with E-state index in [2.05, 4.69) is 42.6 Å². The highest BCUT2D eigenvalue weighted by atomic mass is 32.2. The number of nitrogens with zero attached hydrogens (tertiary/aromatic N) is 4. The molecule has 9 nitrogen and oxygen atoms in total. The van der Waals surface area contributed by atoms with Crippen molar-refractivity contribution in [2.75, 3.05) is 24.5 Å². The summed E-state index contributed by atoms with van der Waals surface area (Å²) in [7, 11) is 0. The Bertz CT molecular complexity index is 1590. The van der Waals surface area contributed by atoms with Gasteiger partial charge in [0.05, 0.1) is 16.3 Å². The molecule has 2 aromatic heterocycles. The van der Waals surface area contributed by atoms with Crippen molar-refractivity contribution in [2.45, 2.75) is 19.4 Å². The Labute approximate surface area is 248 Å². The molecule has 6 rings (SSSR count). The first-order valence-electron chi connectivity index (χ1n) is 13.9. The third-order valence-electron chi connectivity index (χ3n) is 7.20. The fraction of sp³-hybridized carbons (Fsp3) is 0.219. The summed E-state index contributed by atoms with van der Waals surface area (Å²) in [6.45, 7) is 3.44. The summed E-state index contributed by atoms with van der Waals surface area (Å²) < 4.78 is 5.90. The number of piperidine rings is 1. The van der Waals surface area contributed by atoms with Crippen molar-refractivity contribution in [3.8, 4) is 22.8 Å². The number of pyridine rings is 1. The maximum absolute atomic E-state index is 11.8. The lowest BCUT2D eigenvalue weighted by atomic mass is 9.97. The summed E-state index contributed by atoms with van der Waals surface area (Å²) in [6.07, 6.45) is 7.25. The molecule has 0 bridgehead atoms. The molecule has 4 aromatic rings. The standard InChI is InChI=1S/C32H30N6O3S/c39-30-29(42-32(40)37-30)19-25-11-15-35-31(36-25)38-16-12-22(13-17-38)20-33-21-23-10-14-34-28(18-23)24-6-8-27(9-7-24)41-26-4-2-1-3-5-26/h1-11,14-15,18-19,22,33H,12-13,16-17,20-21H2,(H,37,39,40). The molecule has 2 N–H and O–H groups in total. The quantitative estimate of drug-likeness (QED) is 0.243. The summed E-state index contributed by atoms with van der Waals surface area (Å²) in [6, 6.07) is 23.7. The Kier molecular flexibility index (Phi) is 8.53. The van der Waals surface area contributed by atoms with Crippen LogP contribution in [0, 0.1) is 5.92 Å². The number of anilines is 1. The SMILES string of the molecule is O=C1NC(=O)C(=Cc2ccnc(N3CCC(CNCc4ccnc(-c5ccc(Oc6ccccc6)cc5)c4)CC3)n2)S1. The number of hydrogen-bond donors (Lipinski definition) is 2. The molecule has 2 aliphatic heterocycles. The minimum atomic E-state index is -0.384. The van der Waals surface area contributed by atoms with E-state index in [1.165, 1.54) is 5.56 Å². The molecule has 0 aliphatic carbocycles. The molecule has 0 saturated carbocycles. The molecule has 0 atom stereocenters. The average Bonchev–Trinajstić information content (AvgIpc) is 3.34. The van der Waals surface area contributed by atoms with Gasteiger partial charge in [0.15, 0.2) is 0 Å². The number of para-hydroxylation sites is 1. The second-order valence-corrected chi connectivity index (χ2v) is 11.2. The molecule has 0 radical (unpaired) electrons. The predicted molar refractivity (Wildman–Crippen MR) is 164 cm³/mol. The Hall–Kier alpha value is -4.54. The molecule has 212 valence electrons. The number of thioether (sulfide) groups is 1. The zero-order valence-electron chi connectivity index (χ0n) is 22.9. The number of carbonyl (C=O) groups excluding carboxylic acids is 2. The third kappa shape index (κ3) is 7.02. The zero-order valence-corrected chi connectivity index (χ0v) is 23.7. The van der Waals surface area contributed by atoms with Gasteiger partial charge in [0.25, 0.3) is 11.1 Å². The van der Waals surface area contributed by atoms with Crippen molar-refractivity contribution in [3.63, 3.8) is 0 Å². The van der Waals surface area contributed by atoms with Crippen LogP contribution in [-0.2, 0) is 11.3 Å². The van der Waals surface area contributed by atoms with Gasteiger partial charge >= 0.3 is 0 Å². The summed E-state index contributed by atoms with van der Waals surface area (Å²) in [5.41, 5.74) is 3.79. The first kappa shape index (κ1) is 27.6. The van der Waals surface area contributed by atoms with Crippen LogP contribution in [-0.4, -0.2) is 45.7 Å². The fourth-order valence-corrected chi connectivity index (χ4v) is 5.64. The van der Waals surface area contributed by atoms with Crippen LogP contribution in [0.2, 0.25) is 0 Å². The van der Waals surface area contributed by atoms with Crippen molar-refractivity contribution >= 4 is 34.9 Å². The van der Waals surface area contributed by atoms with E-state index < -0.39 is 0 Å². The van der Waals surface area contributed by atoms with Crippen molar-refractivity contribution in [3.05, 3.63) is 101 Å². The number of nitrogens with one attached hydrogen (secondary N) is 2. The lowest BCUT2D eigenvalue weighted by molar-refractivity contribution is -0.115. The van der Waals surface area contributed by atoms with Gasteiger partial charge in [-0.25, -0.2) is 9.97 Å². The van der Waals surface area contributed by atoms with E-state index in [1.54, 1.807) is 18.3 Å². The van der Waals surface area contributed by atoms with Gasteiger partial charge in [-0.05, 0) is 103 Å². The van der Waals surface area contributed by atoms with E-state index in [9.17, 15) is 9.59 Å². The summed E-state index contributed by atoms with van der Waals surface area (Å²) in [5, 5.41) is 5.53. The summed E-state index contributed by atoms with van der Waals surface area (Å²) in [5.74, 6) is 2.43. The highest BCUT2D eigenvalue weighted by Gasteiger charge is 2.25. The molecule has 42 heavy (non-hydrogen) atoms. The van der Waals surface area contributed by atoms with Crippen molar-refractivity contribution < 1.29 is 14.3 Å². The van der Waals surface area contributed by atoms with E-state index in [1.807, 2.05) is 60.8 Å². The number of ether oxygens (including phenoxy) is 1. The maximum Gasteiger partial charge on any atom is 0.290 e. The molecule has 2 aromatic carbocycles. The lowest BCUT2D eigenvalue weighted by Crippen LogP contribution is -2.38. The molecule has 2 saturated heterocycles. The van der Waals surface area contributed by atoms with Crippen LogP contribution in [0.25, 0.3) is 17.3 Å². The molecule has 0 spiro atoms. The molecule has 4 heterocycles. The number of rotatable bonds is 9. The topological polar surface area (TPSA) is 109 Å². The molecule has 0 unspecified atom stereocenters. The van der Waals surface area contributed by atoms with Gasteiger partial charge in [0.2, 0.25) is 5.95 Å². The van der Waals surface area contributed by atoms with Crippen LogP contribution >= 0.6 is 11.8 Å². The van der Waals surface area contributed by atoms with E-state index in [-0.39, 0.29) is 11.1 Å². The van der Waals surface area contributed by atoms with Gasteiger partial charge in [-0.1, -0.05) is 18.2 Å². The Balaban J connectivity index is 0.976. The molecule has 10 heteroatoms. The van der Waals surface area contributed by atoms with Gasteiger partial charge in [0.1, 0.15) is 11.5 Å². The second-order valence-electron chi connectivity index (χ2n) is 10.2. The monoisotopic (exact) mass is 578 g/mol. The number of benzene rings is 2. The molecule has 2 fully saturated rings. The highest BCUT2D eigenvalue weighted by Crippen LogP contribution is 2.27. The number of amides is 2. The number of carbonyl (C=O) groups is 2. The first-order valence-corrected chi connectivity index (χ1v) is 14.7. The zero-order chi connectivity index (χ0) is 28.7. The highest BCUT2D eigenvalue weighted by molar-refractivity contribution is 8.18. The maximum atomic E-state index is 11.8. The minimum Gasteiger partial charge on any atom is -0.457 e. The van der Waals surface area contributed by atoms with Crippen molar-refractivity contribution in [1.29, 1.82) is 0 Å². The average molecular weight is 579 g/mol. The first-order chi connectivity index (χ1) is 20.6. The second kappa shape index (κ2) is 13.0. The van der Waals surface area contributed by atoms with Crippen LogP contribution in [0.5, 0.6) is 11.5 Å².